The molecule has 0 aromatic heterocycles. The van der Waals surface area contributed by atoms with Crippen LogP contribution in [0.1, 0.15) is 30.5 Å². The number of nitrogens with zero attached hydrogens (tertiary/aromatic N) is 3. The number of thiocarbonyl (C=S) groups is 1. The number of benzene rings is 4. The number of esters is 1. The number of amides is 1. The van der Waals surface area contributed by atoms with Crippen LogP contribution in [-0.2, 0) is 9.59 Å². The lowest BCUT2D eigenvalue weighted by molar-refractivity contribution is -0.131. The van der Waals surface area contributed by atoms with Gasteiger partial charge < -0.3 is 4.74 Å². The standard InChI is InChI=1S/C31H22ClN3O3S2/c1-19(36)38-26-8-4-7-25(16-26)35-30(37)29(40-31(35)39)18-34-28(21-11-13-24(32)14-12-21)17-27(33-34)23-10-9-20-5-2-3-6-22(20)15-23/h2-16,18,28H,17H2,1H3/b29-18-. The van der Waals surface area contributed by atoms with Gasteiger partial charge in [0.2, 0.25) is 0 Å². The van der Waals surface area contributed by atoms with Crippen molar-refractivity contribution in [1.29, 1.82) is 0 Å². The summed E-state index contributed by atoms with van der Waals surface area (Å²) in [7, 11) is 0. The first-order chi connectivity index (χ1) is 19.4. The van der Waals surface area contributed by atoms with Gasteiger partial charge in [-0.15, -0.1) is 0 Å². The maximum Gasteiger partial charge on any atom is 0.308 e. The molecule has 1 amide bonds. The monoisotopic (exact) mass is 583 g/mol. The minimum Gasteiger partial charge on any atom is -0.427 e. The number of anilines is 1. The van der Waals surface area contributed by atoms with Gasteiger partial charge in [0.15, 0.2) is 4.32 Å². The molecule has 4 aromatic rings. The van der Waals surface area contributed by atoms with E-state index < -0.39 is 5.97 Å². The van der Waals surface area contributed by atoms with Crippen LogP contribution in [0, 0.1) is 0 Å². The number of hydrogen-bond acceptors (Lipinski definition) is 7. The second-order valence-electron chi connectivity index (χ2n) is 9.35. The van der Waals surface area contributed by atoms with Gasteiger partial charge in [-0.2, -0.15) is 5.10 Å². The molecule has 0 spiro atoms. The molecule has 1 atom stereocenters. The smallest absolute Gasteiger partial charge is 0.308 e. The van der Waals surface area contributed by atoms with Crippen molar-refractivity contribution in [2.75, 3.05) is 4.90 Å². The Kier molecular flexibility index (Phi) is 7.14. The van der Waals surface area contributed by atoms with Gasteiger partial charge in [0.1, 0.15) is 5.75 Å². The molecule has 6 rings (SSSR count). The van der Waals surface area contributed by atoms with Crippen LogP contribution in [0.5, 0.6) is 5.75 Å². The predicted octanol–water partition coefficient (Wildman–Crippen LogP) is 7.48. The molecule has 0 bridgehead atoms. The summed E-state index contributed by atoms with van der Waals surface area (Å²) in [5, 5.41) is 9.77. The third-order valence-corrected chi connectivity index (χ3v) is 8.20. The molecule has 6 nitrogen and oxygen atoms in total. The molecule has 2 heterocycles. The van der Waals surface area contributed by atoms with E-state index in [0.29, 0.717) is 32.1 Å². The molecular formula is C31H22ClN3O3S2. The van der Waals surface area contributed by atoms with Crippen LogP contribution in [0.15, 0.2) is 107 Å². The van der Waals surface area contributed by atoms with E-state index in [-0.39, 0.29) is 11.9 Å². The van der Waals surface area contributed by atoms with Gasteiger partial charge >= 0.3 is 5.97 Å². The number of fused-ring (bicyclic) bond motifs is 1. The molecule has 0 radical (unpaired) electrons. The Hall–Kier alpha value is -3.98. The highest BCUT2D eigenvalue weighted by molar-refractivity contribution is 8.27. The fourth-order valence-corrected chi connectivity index (χ4v) is 6.19. The third kappa shape index (κ3) is 5.25. The SMILES string of the molecule is CC(=O)Oc1cccc(N2C(=O)/C(=C/N3N=C(c4ccc5ccccc5c4)CC3c3ccc(Cl)cc3)SC2=S)c1. The van der Waals surface area contributed by atoms with E-state index >= 15 is 0 Å². The van der Waals surface area contributed by atoms with Crippen molar-refractivity contribution >= 4 is 73.9 Å². The Morgan fingerprint density at radius 1 is 1.02 bits per heavy atom. The molecule has 2 aliphatic heterocycles. The van der Waals surface area contributed by atoms with Crippen LogP contribution in [0.4, 0.5) is 5.69 Å². The molecule has 0 N–H and O–H groups in total. The topological polar surface area (TPSA) is 62.2 Å². The molecule has 1 saturated heterocycles. The zero-order valence-corrected chi connectivity index (χ0v) is 23.7. The molecule has 0 saturated carbocycles. The Balaban J connectivity index is 1.35. The first kappa shape index (κ1) is 26.3. The van der Waals surface area contributed by atoms with Crippen LogP contribution in [0.25, 0.3) is 10.8 Å². The van der Waals surface area contributed by atoms with Gasteiger partial charge in [0.05, 0.1) is 22.3 Å². The summed E-state index contributed by atoms with van der Waals surface area (Å²) in [6, 6.07) is 28.9. The van der Waals surface area contributed by atoms with Crippen molar-refractivity contribution < 1.29 is 14.3 Å². The fourth-order valence-electron chi connectivity index (χ4n) is 4.80. The summed E-state index contributed by atoms with van der Waals surface area (Å²) in [5.74, 6) is -0.362. The number of hydrazone groups is 1. The minimum atomic E-state index is -0.440. The second-order valence-corrected chi connectivity index (χ2v) is 11.5. The summed E-state index contributed by atoms with van der Waals surface area (Å²) in [6.07, 6.45) is 2.42. The largest absolute Gasteiger partial charge is 0.427 e. The summed E-state index contributed by atoms with van der Waals surface area (Å²) in [6.45, 7) is 1.33. The van der Waals surface area contributed by atoms with E-state index in [9.17, 15) is 9.59 Å². The lowest BCUT2D eigenvalue weighted by Crippen LogP contribution is -2.28. The molecule has 9 heteroatoms. The lowest BCUT2D eigenvalue weighted by Gasteiger charge is -2.21. The van der Waals surface area contributed by atoms with Crippen molar-refractivity contribution in [1.82, 2.24) is 5.01 Å². The maximum atomic E-state index is 13.6. The van der Waals surface area contributed by atoms with Gasteiger partial charge in [0.25, 0.3) is 5.91 Å². The van der Waals surface area contributed by atoms with Crippen molar-refractivity contribution in [3.8, 4) is 5.75 Å². The van der Waals surface area contributed by atoms with E-state index in [1.807, 2.05) is 41.4 Å². The molecule has 0 aliphatic carbocycles. The van der Waals surface area contributed by atoms with Crippen molar-refractivity contribution in [3.63, 3.8) is 0 Å². The highest BCUT2D eigenvalue weighted by Crippen LogP contribution is 2.40. The molecule has 40 heavy (non-hydrogen) atoms. The number of carbonyl (C=O) groups excluding carboxylic acids is 2. The van der Waals surface area contributed by atoms with E-state index in [1.54, 1.807) is 30.5 Å². The van der Waals surface area contributed by atoms with Crippen molar-refractivity contribution in [3.05, 3.63) is 118 Å². The minimum absolute atomic E-state index is 0.130. The number of halogens is 1. The fraction of sp³-hybridized carbons (Fsp3) is 0.0968. The van der Waals surface area contributed by atoms with Crippen LogP contribution < -0.4 is 9.64 Å². The number of carbonyl (C=O) groups is 2. The van der Waals surface area contributed by atoms with Crippen LogP contribution in [0.2, 0.25) is 5.02 Å². The molecule has 2 aliphatic rings. The summed E-state index contributed by atoms with van der Waals surface area (Å²) < 4.78 is 5.58. The van der Waals surface area contributed by atoms with Crippen molar-refractivity contribution in [2.45, 2.75) is 19.4 Å². The lowest BCUT2D eigenvalue weighted by atomic mass is 9.97. The predicted molar refractivity (Wildman–Crippen MR) is 165 cm³/mol. The maximum absolute atomic E-state index is 13.6. The van der Waals surface area contributed by atoms with E-state index in [4.69, 9.17) is 33.7 Å². The molecule has 1 unspecified atom stereocenters. The van der Waals surface area contributed by atoms with Crippen molar-refractivity contribution in [2.24, 2.45) is 5.10 Å². The summed E-state index contributed by atoms with van der Waals surface area (Å²) >= 11 is 13.0. The summed E-state index contributed by atoms with van der Waals surface area (Å²) in [4.78, 5) is 26.9. The molecule has 4 aromatic carbocycles. The van der Waals surface area contributed by atoms with Gasteiger partial charge in [-0.25, -0.2) is 0 Å². The average Bonchev–Trinajstić information content (AvgIpc) is 3.48. The van der Waals surface area contributed by atoms with E-state index in [1.165, 1.54) is 23.6 Å². The zero-order valence-electron chi connectivity index (χ0n) is 21.3. The van der Waals surface area contributed by atoms with Gasteiger partial charge in [0, 0.05) is 30.6 Å². The number of hydrogen-bond donors (Lipinski definition) is 0. The van der Waals surface area contributed by atoms with E-state index in [2.05, 4.69) is 30.3 Å². The van der Waals surface area contributed by atoms with Gasteiger partial charge in [-0.3, -0.25) is 19.5 Å². The molecule has 198 valence electrons. The number of rotatable bonds is 5. The Morgan fingerprint density at radius 3 is 2.58 bits per heavy atom. The van der Waals surface area contributed by atoms with E-state index in [0.717, 1.165) is 27.6 Å². The normalized spacial score (nSPS) is 18.1. The van der Waals surface area contributed by atoms with Gasteiger partial charge in [-0.1, -0.05) is 90.2 Å². The zero-order chi connectivity index (χ0) is 27.8. The second kappa shape index (κ2) is 10.9. The molecular weight excluding hydrogens is 562 g/mol. The van der Waals surface area contributed by atoms with Crippen LogP contribution >= 0.6 is 35.6 Å². The average molecular weight is 584 g/mol. The highest BCUT2D eigenvalue weighted by atomic mass is 35.5. The van der Waals surface area contributed by atoms with Crippen LogP contribution in [0.3, 0.4) is 0 Å². The highest BCUT2D eigenvalue weighted by Gasteiger charge is 2.36. The number of thioether (sulfide) groups is 1. The Labute approximate surface area is 245 Å². The van der Waals surface area contributed by atoms with Gasteiger partial charge in [-0.05, 0) is 52.2 Å². The summed E-state index contributed by atoms with van der Waals surface area (Å²) in [5.41, 5.74) is 3.51. The third-order valence-electron chi connectivity index (χ3n) is 6.66. The quantitative estimate of drug-likeness (QED) is 0.105. The number of ether oxygens (including phenoxy) is 1. The van der Waals surface area contributed by atoms with Crippen LogP contribution in [-0.4, -0.2) is 26.9 Å². The molecule has 1 fully saturated rings. The Bertz CT molecular complexity index is 1740. The first-order valence-electron chi connectivity index (χ1n) is 12.5. The first-order valence-corrected chi connectivity index (χ1v) is 14.1. The Morgan fingerprint density at radius 2 is 1.80 bits per heavy atom.